The number of carbonyl (C=O) groups excluding carboxylic acids is 1. The number of benzene rings is 2. The summed E-state index contributed by atoms with van der Waals surface area (Å²) in [6.07, 6.45) is 0. The Morgan fingerprint density at radius 2 is 1.93 bits per heavy atom. The molecule has 0 aromatic heterocycles. The molecular weight excluding hydrogens is 428 g/mol. The Labute approximate surface area is 172 Å². The average molecular weight is 447 g/mol. The zero-order valence-electron chi connectivity index (χ0n) is 15.2. The van der Waals surface area contributed by atoms with Gasteiger partial charge in [-0.25, -0.2) is 4.79 Å². The van der Waals surface area contributed by atoms with Crippen LogP contribution < -0.4 is 15.0 Å². The van der Waals surface area contributed by atoms with E-state index < -0.39 is 12.0 Å². The van der Waals surface area contributed by atoms with Crippen molar-refractivity contribution in [2.45, 2.75) is 13.0 Å². The number of halogens is 1. The van der Waals surface area contributed by atoms with Crippen molar-refractivity contribution in [2.75, 3.05) is 19.1 Å². The zero-order valence-corrected chi connectivity index (χ0v) is 17.6. The third kappa shape index (κ3) is 3.84. The minimum absolute atomic E-state index is 0.407. The van der Waals surface area contributed by atoms with Crippen LogP contribution in [0, 0.1) is 0 Å². The maximum atomic E-state index is 12.6. The number of ether oxygens (including phenoxy) is 2. The number of esters is 1. The van der Waals surface area contributed by atoms with Crippen LogP contribution in [0.5, 0.6) is 5.75 Å². The van der Waals surface area contributed by atoms with E-state index >= 15 is 0 Å². The molecule has 0 radical (unpaired) electrons. The number of nitrogens with zero attached hydrogens (tertiary/aromatic N) is 1. The van der Waals surface area contributed by atoms with Crippen molar-refractivity contribution in [2.24, 2.45) is 0 Å². The van der Waals surface area contributed by atoms with E-state index in [0.717, 1.165) is 21.4 Å². The SMILES string of the molecule is COC(=O)C1=C(C)N(c2cccc(Br)c2)C(=S)NC1c1cccc(OC)c1. The maximum Gasteiger partial charge on any atom is 0.337 e. The second kappa shape index (κ2) is 8.10. The summed E-state index contributed by atoms with van der Waals surface area (Å²) in [6, 6.07) is 14.8. The first-order valence-electron chi connectivity index (χ1n) is 8.25. The largest absolute Gasteiger partial charge is 0.497 e. The molecule has 3 rings (SSSR count). The van der Waals surface area contributed by atoms with E-state index in [9.17, 15) is 4.79 Å². The molecule has 0 saturated carbocycles. The summed E-state index contributed by atoms with van der Waals surface area (Å²) in [5, 5.41) is 3.78. The molecule has 0 saturated heterocycles. The van der Waals surface area contributed by atoms with Gasteiger partial charge in [0.2, 0.25) is 0 Å². The van der Waals surface area contributed by atoms with E-state index in [1.165, 1.54) is 7.11 Å². The van der Waals surface area contributed by atoms with Gasteiger partial charge in [0.15, 0.2) is 5.11 Å². The molecule has 0 fully saturated rings. The van der Waals surface area contributed by atoms with Crippen molar-refractivity contribution in [3.63, 3.8) is 0 Å². The molecule has 1 aliphatic rings. The van der Waals surface area contributed by atoms with Crippen molar-refractivity contribution >= 4 is 44.9 Å². The Morgan fingerprint density at radius 3 is 2.59 bits per heavy atom. The highest BCUT2D eigenvalue weighted by Crippen LogP contribution is 2.35. The van der Waals surface area contributed by atoms with Gasteiger partial charge in [0.05, 0.1) is 25.8 Å². The van der Waals surface area contributed by atoms with Gasteiger partial charge in [-0.1, -0.05) is 34.1 Å². The summed E-state index contributed by atoms with van der Waals surface area (Å²) in [6.45, 7) is 1.87. The van der Waals surface area contributed by atoms with Gasteiger partial charge in [0.1, 0.15) is 5.75 Å². The number of carbonyl (C=O) groups is 1. The van der Waals surface area contributed by atoms with E-state index in [1.54, 1.807) is 7.11 Å². The van der Waals surface area contributed by atoms with Crippen molar-refractivity contribution in [1.29, 1.82) is 0 Å². The number of hydrogen-bond acceptors (Lipinski definition) is 4. The lowest BCUT2D eigenvalue weighted by Crippen LogP contribution is -2.48. The van der Waals surface area contributed by atoms with E-state index in [2.05, 4.69) is 21.2 Å². The average Bonchev–Trinajstić information content (AvgIpc) is 2.67. The molecule has 1 unspecified atom stereocenters. The minimum atomic E-state index is -0.427. The number of allylic oxidation sites excluding steroid dienone is 1. The number of anilines is 1. The summed E-state index contributed by atoms with van der Waals surface area (Å²) in [5.74, 6) is 0.298. The Morgan fingerprint density at radius 1 is 1.19 bits per heavy atom. The molecule has 27 heavy (non-hydrogen) atoms. The zero-order chi connectivity index (χ0) is 19.6. The first-order valence-corrected chi connectivity index (χ1v) is 9.45. The first-order chi connectivity index (χ1) is 13.0. The summed E-state index contributed by atoms with van der Waals surface area (Å²) in [5.41, 5.74) is 2.94. The number of rotatable bonds is 4. The number of thiocarbonyl (C=S) groups is 1. The highest BCUT2D eigenvalue weighted by Gasteiger charge is 2.35. The second-order valence-electron chi connectivity index (χ2n) is 5.97. The van der Waals surface area contributed by atoms with Crippen LogP contribution in [-0.2, 0) is 9.53 Å². The van der Waals surface area contributed by atoms with Crippen LogP contribution in [0.4, 0.5) is 5.69 Å². The predicted molar refractivity (Wildman–Crippen MR) is 113 cm³/mol. The molecule has 1 heterocycles. The molecule has 0 bridgehead atoms. The van der Waals surface area contributed by atoms with E-state index in [-0.39, 0.29) is 0 Å². The lowest BCUT2D eigenvalue weighted by Gasteiger charge is -2.37. The molecule has 0 amide bonds. The van der Waals surface area contributed by atoms with Gasteiger partial charge in [0, 0.05) is 15.9 Å². The van der Waals surface area contributed by atoms with E-state index in [1.807, 2.05) is 60.4 Å². The third-order valence-corrected chi connectivity index (χ3v) is 5.18. The fourth-order valence-corrected chi connectivity index (χ4v) is 3.86. The molecule has 2 aromatic rings. The quantitative estimate of drug-likeness (QED) is 0.556. The van der Waals surface area contributed by atoms with Gasteiger partial charge in [-0.2, -0.15) is 0 Å². The standard InChI is InChI=1S/C20H19BrN2O3S/c1-12-17(19(24)26-3)18(13-6-4-9-16(10-13)25-2)22-20(27)23(12)15-8-5-7-14(21)11-15/h4-11,18H,1-3H3,(H,22,27). The monoisotopic (exact) mass is 446 g/mol. The third-order valence-electron chi connectivity index (χ3n) is 4.38. The molecule has 1 atom stereocenters. The fraction of sp³-hybridized carbons (Fsp3) is 0.200. The van der Waals surface area contributed by atoms with Crippen molar-refractivity contribution in [3.8, 4) is 5.75 Å². The molecular formula is C20H19BrN2O3S. The highest BCUT2D eigenvalue weighted by molar-refractivity contribution is 9.10. The second-order valence-corrected chi connectivity index (χ2v) is 7.27. The first kappa shape index (κ1) is 19.4. The van der Waals surface area contributed by atoms with Gasteiger partial charge < -0.3 is 14.8 Å². The van der Waals surface area contributed by atoms with Gasteiger partial charge in [0.25, 0.3) is 0 Å². The molecule has 140 valence electrons. The summed E-state index contributed by atoms with van der Waals surface area (Å²) in [4.78, 5) is 14.5. The Balaban J connectivity index is 2.14. The summed E-state index contributed by atoms with van der Waals surface area (Å²) in [7, 11) is 2.98. The normalized spacial score (nSPS) is 16.8. The number of hydrogen-bond donors (Lipinski definition) is 1. The van der Waals surface area contributed by atoms with Crippen LogP contribution >= 0.6 is 28.1 Å². The molecule has 7 heteroatoms. The molecule has 1 N–H and O–H groups in total. The van der Waals surface area contributed by atoms with Crippen molar-refractivity contribution in [3.05, 3.63) is 69.8 Å². The van der Waals surface area contributed by atoms with Crippen LogP contribution in [-0.4, -0.2) is 25.3 Å². The van der Waals surface area contributed by atoms with Gasteiger partial charge in [-0.05, 0) is 55.0 Å². The maximum absolute atomic E-state index is 12.6. The fourth-order valence-electron chi connectivity index (χ4n) is 3.11. The van der Waals surface area contributed by atoms with Crippen LogP contribution in [0.15, 0.2) is 64.3 Å². The Hall–Kier alpha value is -2.38. The van der Waals surface area contributed by atoms with Crippen LogP contribution in [0.2, 0.25) is 0 Å². The minimum Gasteiger partial charge on any atom is -0.497 e. The van der Waals surface area contributed by atoms with Crippen LogP contribution in [0.25, 0.3) is 0 Å². The topological polar surface area (TPSA) is 50.8 Å². The molecule has 5 nitrogen and oxygen atoms in total. The molecule has 2 aromatic carbocycles. The predicted octanol–water partition coefficient (Wildman–Crippen LogP) is 4.34. The van der Waals surface area contributed by atoms with E-state index in [0.29, 0.717) is 16.4 Å². The molecule has 1 aliphatic heterocycles. The smallest absolute Gasteiger partial charge is 0.337 e. The van der Waals surface area contributed by atoms with E-state index in [4.69, 9.17) is 21.7 Å². The molecule has 0 aliphatic carbocycles. The van der Waals surface area contributed by atoms with Gasteiger partial charge >= 0.3 is 5.97 Å². The number of nitrogens with one attached hydrogen (secondary N) is 1. The summed E-state index contributed by atoms with van der Waals surface area (Å²) >= 11 is 9.10. The Kier molecular flexibility index (Phi) is 5.82. The Bertz CT molecular complexity index is 929. The lowest BCUT2D eigenvalue weighted by atomic mass is 9.94. The molecule has 0 spiro atoms. The highest BCUT2D eigenvalue weighted by atomic mass is 79.9. The van der Waals surface area contributed by atoms with Crippen LogP contribution in [0.3, 0.4) is 0 Å². The van der Waals surface area contributed by atoms with Crippen molar-refractivity contribution < 1.29 is 14.3 Å². The summed E-state index contributed by atoms with van der Waals surface area (Å²) < 4.78 is 11.3. The lowest BCUT2D eigenvalue weighted by molar-refractivity contribution is -0.136. The number of methoxy groups -OCH3 is 2. The van der Waals surface area contributed by atoms with Gasteiger partial charge in [-0.15, -0.1) is 0 Å². The van der Waals surface area contributed by atoms with Gasteiger partial charge in [-0.3, -0.25) is 4.90 Å². The van der Waals surface area contributed by atoms with Crippen molar-refractivity contribution in [1.82, 2.24) is 5.32 Å². The van der Waals surface area contributed by atoms with Crippen LogP contribution in [0.1, 0.15) is 18.5 Å².